The van der Waals surface area contributed by atoms with Crippen molar-refractivity contribution >= 4 is 28.2 Å². The molecule has 2 aromatic heterocycles. The molecule has 2 aromatic rings. The molecular formula is C16H18N6OS. The van der Waals surface area contributed by atoms with E-state index in [1.807, 2.05) is 5.38 Å². The van der Waals surface area contributed by atoms with Crippen LogP contribution >= 0.6 is 11.3 Å². The number of hydrogen-bond donors (Lipinski definition) is 2. The van der Waals surface area contributed by atoms with Crippen molar-refractivity contribution in [1.82, 2.24) is 15.3 Å². The molecule has 0 spiro atoms. The summed E-state index contributed by atoms with van der Waals surface area (Å²) in [5.41, 5.74) is 0.495. The highest BCUT2D eigenvalue weighted by Crippen LogP contribution is 2.27. The van der Waals surface area contributed by atoms with Gasteiger partial charge in [0, 0.05) is 37.4 Å². The van der Waals surface area contributed by atoms with Crippen LogP contribution in [0.5, 0.6) is 0 Å². The van der Waals surface area contributed by atoms with Crippen molar-refractivity contribution in [3.05, 3.63) is 35.5 Å². The third-order valence-corrected chi connectivity index (χ3v) is 4.67. The molecule has 24 heavy (non-hydrogen) atoms. The van der Waals surface area contributed by atoms with Crippen LogP contribution in [0, 0.1) is 11.3 Å². The fourth-order valence-corrected chi connectivity index (χ4v) is 3.47. The van der Waals surface area contributed by atoms with Gasteiger partial charge in [-0.15, -0.1) is 11.3 Å². The number of nitriles is 1. The summed E-state index contributed by atoms with van der Waals surface area (Å²) >= 11 is 1.55. The number of pyridine rings is 1. The van der Waals surface area contributed by atoms with E-state index in [1.165, 1.54) is 0 Å². The van der Waals surface area contributed by atoms with E-state index in [-0.39, 0.29) is 11.9 Å². The van der Waals surface area contributed by atoms with Gasteiger partial charge in [0.15, 0.2) is 5.13 Å². The van der Waals surface area contributed by atoms with Gasteiger partial charge >= 0.3 is 0 Å². The van der Waals surface area contributed by atoms with E-state index in [9.17, 15) is 4.79 Å². The molecule has 3 heterocycles. The van der Waals surface area contributed by atoms with Gasteiger partial charge in [-0.05, 0) is 25.0 Å². The first-order chi connectivity index (χ1) is 11.8. The van der Waals surface area contributed by atoms with Crippen molar-refractivity contribution in [2.24, 2.45) is 0 Å². The highest BCUT2D eigenvalue weighted by Gasteiger charge is 2.31. The molecule has 1 fully saturated rings. The van der Waals surface area contributed by atoms with Crippen LogP contribution in [0.4, 0.5) is 10.9 Å². The van der Waals surface area contributed by atoms with Gasteiger partial charge in [0.25, 0.3) is 0 Å². The molecule has 1 atom stereocenters. The Bertz CT molecular complexity index is 726. The molecule has 0 radical (unpaired) electrons. The van der Waals surface area contributed by atoms with Crippen LogP contribution in [-0.4, -0.2) is 41.6 Å². The SMILES string of the molecule is N#Cc1cccnc1NCCNC(=O)C1CCCN1c1nccs1. The number of carbonyl (C=O) groups excluding carboxylic acids is 1. The fraction of sp³-hybridized carbons (Fsp3) is 0.375. The lowest BCUT2D eigenvalue weighted by atomic mass is 10.2. The monoisotopic (exact) mass is 342 g/mol. The summed E-state index contributed by atoms with van der Waals surface area (Å²) in [5, 5.41) is 17.9. The number of nitrogens with zero attached hydrogens (tertiary/aromatic N) is 4. The lowest BCUT2D eigenvalue weighted by Crippen LogP contribution is -2.44. The molecule has 7 nitrogen and oxygen atoms in total. The molecule has 0 bridgehead atoms. The molecule has 8 heteroatoms. The minimum atomic E-state index is -0.152. The van der Waals surface area contributed by atoms with Crippen molar-refractivity contribution in [3.63, 3.8) is 0 Å². The van der Waals surface area contributed by atoms with Crippen LogP contribution in [0.2, 0.25) is 0 Å². The Morgan fingerprint density at radius 3 is 3.12 bits per heavy atom. The molecule has 124 valence electrons. The Balaban J connectivity index is 1.48. The zero-order valence-corrected chi connectivity index (χ0v) is 13.9. The van der Waals surface area contributed by atoms with Crippen LogP contribution in [0.25, 0.3) is 0 Å². The van der Waals surface area contributed by atoms with E-state index in [0.29, 0.717) is 24.5 Å². The van der Waals surface area contributed by atoms with Crippen molar-refractivity contribution in [3.8, 4) is 6.07 Å². The lowest BCUT2D eigenvalue weighted by molar-refractivity contribution is -0.122. The van der Waals surface area contributed by atoms with E-state index in [1.54, 1.807) is 35.9 Å². The van der Waals surface area contributed by atoms with Crippen molar-refractivity contribution in [2.75, 3.05) is 29.9 Å². The smallest absolute Gasteiger partial charge is 0.242 e. The molecule has 0 saturated carbocycles. The zero-order chi connectivity index (χ0) is 16.8. The quantitative estimate of drug-likeness (QED) is 0.775. The summed E-state index contributed by atoms with van der Waals surface area (Å²) in [4.78, 5) is 22.9. The first kappa shape index (κ1) is 16.2. The van der Waals surface area contributed by atoms with Gasteiger partial charge in [-0.25, -0.2) is 9.97 Å². The largest absolute Gasteiger partial charge is 0.367 e. The van der Waals surface area contributed by atoms with E-state index < -0.39 is 0 Å². The second-order valence-corrected chi connectivity index (χ2v) is 6.27. The average molecular weight is 342 g/mol. The minimum absolute atomic E-state index is 0.0195. The average Bonchev–Trinajstić information content (AvgIpc) is 3.29. The van der Waals surface area contributed by atoms with Crippen LogP contribution in [-0.2, 0) is 4.79 Å². The predicted molar refractivity (Wildman–Crippen MR) is 92.9 cm³/mol. The van der Waals surface area contributed by atoms with E-state index >= 15 is 0 Å². The molecular weight excluding hydrogens is 324 g/mol. The second kappa shape index (κ2) is 7.75. The van der Waals surface area contributed by atoms with Gasteiger partial charge in [-0.3, -0.25) is 4.79 Å². The van der Waals surface area contributed by atoms with E-state index in [2.05, 4.69) is 31.6 Å². The molecule has 1 saturated heterocycles. The van der Waals surface area contributed by atoms with Gasteiger partial charge in [0.2, 0.25) is 5.91 Å². The molecule has 0 aliphatic carbocycles. The molecule has 1 amide bonds. The maximum atomic E-state index is 12.4. The molecule has 1 unspecified atom stereocenters. The number of thiazole rings is 1. The standard InChI is InChI=1S/C16H18N6OS/c17-11-12-3-1-5-18-14(12)19-6-7-20-15(23)13-4-2-9-22(13)16-21-8-10-24-16/h1,3,5,8,10,13H,2,4,6-7,9H2,(H,18,19)(H,20,23). The van der Waals surface area contributed by atoms with Gasteiger partial charge in [0.1, 0.15) is 17.9 Å². The number of rotatable bonds is 6. The van der Waals surface area contributed by atoms with Gasteiger partial charge in [0.05, 0.1) is 5.56 Å². The summed E-state index contributed by atoms with van der Waals surface area (Å²) < 4.78 is 0. The van der Waals surface area contributed by atoms with E-state index in [4.69, 9.17) is 5.26 Å². The highest BCUT2D eigenvalue weighted by molar-refractivity contribution is 7.13. The Kier molecular flexibility index (Phi) is 5.23. The first-order valence-electron chi connectivity index (χ1n) is 7.82. The zero-order valence-electron chi connectivity index (χ0n) is 13.1. The number of anilines is 2. The molecule has 2 N–H and O–H groups in total. The number of hydrogen-bond acceptors (Lipinski definition) is 7. The van der Waals surface area contributed by atoms with Gasteiger partial charge < -0.3 is 15.5 Å². The summed E-state index contributed by atoms with van der Waals surface area (Å²) in [6.07, 6.45) is 5.23. The van der Waals surface area contributed by atoms with Gasteiger partial charge in [-0.1, -0.05) is 0 Å². The third kappa shape index (κ3) is 3.63. The summed E-state index contributed by atoms with van der Waals surface area (Å²) in [6, 6.07) is 5.36. The Morgan fingerprint density at radius 1 is 1.42 bits per heavy atom. The summed E-state index contributed by atoms with van der Waals surface area (Å²) in [5.74, 6) is 0.561. The highest BCUT2D eigenvalue weighted by atomic mass is 32.1. The number of carbonyl (C=O) groups is 1. The fourth-order valence-electron chi connectivity index (χ4n) is 2.75. The topological polar surface area (TPSA) is 93.9 Å². The van der Waals surface area contributed by atoms with Crippen LogP contribution in [0.3, 0.4) is 0 Å². The molecule has 1 aliphatic rings. The van der Waals surface area contributed by atoms with Crippen molar-refractivity contribution in [2.45, 2.75) is 18.9 Å². The van der Waals surface area contributed by atoms with E-state index in [0.717, 1.165) is 24.5 Å². The summed E-state index contributed by atoms with van der Waals surface area (Å²) in [6.45, 7) is 1.85. The van der Waals surface area contributed by atoms with Crippen LogP contribution in [0.15, 0.2) is 29.9 Å². The molecule has 0 aromatic carbocycles. The Morgan fingerprint density at radius 2 is 2.33 bits per heavy atom. The van der Waals surface area contributed by atoms with Crippen molar-refractivity contribution in [1.29, 1.82) is 5.26 Å². The number of nitrogens with one attached hydrogen (secondary N) is 2. The number of aromatic nitrogens is 2. The maximum Gasteiger partial charge on any atom is 0.242 e. The van der Waals surface area contributed by atoms with Crippen LogP contribution < -0.4 is 15.5 Å². The van der Waals surface area contributed by atoms with Crippen molar-refractivity contribution < 1.29 is 4.79 Å². The minimum Gasteiger partial charge on any atom is -0.367 e. The first-order valence-corrected chi connectivity index (χ1v) is 8.70. The Labute approximate surface area is 144 Å². The third-order valence-electron chi connectivity index (χ3n) is 3.87. The maximum absolute atomic E-state index is 12.4. The molecule has 1 aliphatic heterocycles. The van der Waals surface area contributed by atoms with Gasteiger partial charge in [-0.2, -0.15) is 5.26 Å². The summed E-state index contributed by atoms with van der Waals surface area (Å²) in [7, 11) is 0. The predicted octanol–water partition coefficient (Wildman–Crippen LogP) is 1.61. The molecule has 3 rings (SSSR count). The van der Waals surface area contributed by atoms with Crippen LogP contribution in [0.1, 0.15) is 18.4 Å². The normalized spacial score (nSPS) is 16.6. The Hall–Kier alpha value is -2.66. The second-order valence-electron chi connectivity index (χ2n) is 5.40. The number of amides is 1. The lowest BCUT2D eigenvalue weighted by Gasteiger charge is -2.23.